The van der Waals surface area contributed by atoms with Gasteiger partial charge in [-0.2, -0.15) is 0 Å². The fourth-order valence-electron chi connectivity index (χ4n) is 1.06. The predicted octanol–water partition coefficient (Wildman–Crippen LogP) is 1.84. The van der Waals surface area contributed by atoms with Crippen LogP contribution in [0.2, 0.25) is 0 Å². The quantitative estimate of drug-likeness (QED) is 0.569. The average Bonchev–Trinajstić information content (AvgIpc) is 2.23. The zero-order valence-corrected chi connectivity index (χ0v) is 10.8. The van der Waals surface area contributed by atoms with Gasteiger partial charge in [-0.1, -0.05) is 26.7 Å². The molecule has 3 nitrogen and oxygen atoms in total. The van der Waals surface area contributed by atoms with Gasteiger partial charge in [0.25, 0.3) is 0 Å². The number of nitrogens with two attached hydrogens (primary N) is 3. The molecule has 0 spiro atoms. The third kappa shape index (κ3) is 20.1. The number of rotatable bonds is 7. The van der Waals surface area contributed by atoms with Gasteiger partial charge in [-0.3, -0.25) is 0 Å². The first-order valence-corrected chi connectivity index (χ1v) is 6.24. The number of hydrogen-bond donors (Lipinski definition) is 3. The molecule has 0 aromatic heterocycles. The first kappa shape index (κ1) is 17.3. The Labute approximate surface area is 95.8 Å². The van der Waals surface area contributed by atoms with E-state index < -0.39 is 0 Å². The lowest BCUT2D eigenvalue weighted by molar-refractivity contribution is 0.489. The first-order valence-electron chi connectivity index (χ1n) is 6.24. The van der Waals surface area contributed by atoms with Gasteiger partial charge in [0.1, 0.15) is 0 Å². The van der Waals surface area contributed by atoms with E-state index in [-0.39, 0.29) is 0 Å². The van der Waals surface area contributed by atoms with Crippen molar-refractivity contribution in [3.8, 4) is 0 Å². The van der Waals surface area contributed by atoms with Crippen LogP contribution in [0, 0.1) is 5.92 Å². The SMILES string of the molecule is CC(N)CCC(C)CN.CCCCCN. The molecule has 0 rings (SSSR count). The highest BCUT2D eigenvalue weighted by Crippen LogP contribution is 2.03. The minimum absolute atomic E-state index is 0.332. The normalized spacial score (nSPS) is 14.0. The maximum absolute atomic E-state index is 5.55. The molecule has 0 aromatic rings. The number of unbranched alkanes of at least 4 members (excludes halogenated alkanes) is 2. The maximum Gasteiger partial charge on any atom is 0.00105 e. The van der Waals surface area contributed by atoms with Crippen molar-refractivity contribution >= 4 is 0 Å². The van der Waals surface area contributed by atoms with E-state index in [0.717, 1.165) is 25.9 Å². The molecule has 15 heavy (non-hydrogen) atoms. The Kier molecular flexibility index (Phi) is 16.0. The van der Waals surface area contributed by atoms with Crippen LogP contribution in [0.1, 0.15) is 52.9 Å². The van der Waals surface area contributed by atoms with Gasteiger partial charge in [-0.15, -0.1) is 0 Å². The zero-order chi connectivity index (χ0) is 12.1. The van der Waals surface area contributed by atoms with E-state index in [1.165, 1.54) is 19.3 Å². The molecule has 0 fully saturated rings. The Balaban J connectivity index is 0. The van der Waals surface area contributed by atoms with Crippen LogP contribution in [-0.4, -0.2) is 19.1 Å². The van der Waals surface area contributed by atoms with E-state index in [1.54, 1.807) is 0 Å². The Morgan fingerprint density at radius 1 is 1.00 bits per heavy atom. The molecule has 2 atom stereocenters. The van der Waals surface area contributed by atoms with Crippen molar-refractivity contribution in [1.29, 1.82) is 0 Å². The summed E-state index contributed by atoms with van der Waals surface area (Å²) < 4.78 is 0. The van der Waals surface area contributed by atoms with Crippen molar-refractivity contribution < 1.29 is 0 Å². The Morgan fingerprint density at radius 2 is 1.60 bits per heavy atom. The molecule has 0 aliphatic carbocycles. The third-order valence-corrected chi connectivity index (χ3v) is 2.32. The molecule has 2 unspecified atom stereocenters. The second-order valence-electron chi connectivity index (χ2n) is 4.39. The summed E-state index contributed by atoms with van der Waals surface area (Å²) in [7, 11) is 0. The Hall–Kier alpha value is -0.120. The van der Waals surface area contributed by atoms with Gasteiger partial charge in [0.05, 0.1) is 0 Å². The monoisotopic (exact) mass is 217 g/mol. The third-order valence-electron chi connectivity index (χ3n) is 2.32. The van der Waals surface area contributed by atoms with E-state index in [1.807, 2.05) is 6.92 Å². The molecule has 0 saturated carbocycles. The molecule has 6 N–H and O–H groups in total. The van der Waals surface area contributed by atoms with Crippen molar-refractivity contribution in [1.82, 2.24) is 0 Å². The lowest BCUT2D eigenvalue weighted by atomic mass is 10.0. The zero-order valence-electron chi connectivity index (χ0n) is 10.8. The fourth-order valence-corrected chi connectivity index (χ4v) is 1.06. The van der Waals surface area contributed by atoms with E-state index in [9.17, 15) is 0 Å². The summed E-state index contributed by atoms with van der Waals surface area (Å²) in [6, 6.07) is 0.332. The second kappa shape index (κ2) is 13.9. The van der Waals surface area contributed by atoms with Gasteiger partial charge in [0.2, 0.25) is 0 Å². The summed E-state index contributed by atoms with van der Waals surface area (Å²) in [5.74, 6) is 0.635. The van der Waals surface area contributed by atoms with Crippen LogP contribution in [0.15, 0.2) is 0 Å². The standard InChI is InChI=1S/C7H18N2.C5H13N/c1-6(5-8)3-4-7(2)9;1-2-3-4-5-6/h6-7H,3-5,8-9H2,1-2H3;2-6H2,1H3. The van der Waals surface area contributed by atoms with Gasteiger partial charge in [0, 0.05) is 6.04 Å². The summed E-state index contributed by atoms with van der Waals surface area (Å²) in [5, 5.41) is 0. The van der Waals surface area contributed by atoms with Gasteiger partial charge in [-0.05, 0) is 45.2 Å². The summed E-state index contributed by atoms with van der Waals surface area (Å²) >= 11 is 0. The Morgan fingerprint density at radius 3 is 1.87 bits per heavy atom. The molecule has 3 heteroatoms. The first-order chi connectivity index (χ1) is 7.08. The predicted molar refractivity (Wildman–Crippen MR) is 69.7 cm³/mol. The van der Waals surface area contributed by atoms with Crippen LogP contribution in [0.5, 0.6) is 0 Å². The van der Waals surface area contributed by atoms with E-state index in [2.05, 4.69) is 13.8 Å². The van der Waals surface area contributed by atoms with Gasteiger partial charge in [-0.25, -0.2) is 0 Å². The summed E-state index contributed by atoms with van der Waals surface area (Å²) in [6.45, 7) is 8.00. The highest BCUT2D eigenvalue weighted by molar-refractivity contribution is 4.58. The van der Waals surface area contributed by atoms with Crippen LogP contribution in [-0.2, 0) is 0 Å². The van der Waals surface area contributed by atoms with Crippen molar-refractivity contribution in [3.05, 3.63) is 0 Å². The summed E-state index contributed by atoms with van der Waals surface area (Å²) in [6.07, 6.45) is 6.01. The van der Waals surface area contributed by atoms with Crippen LogP contribution in [0.25, 0.3) is 0 Å². The molecule has 0 saturated heterocycles. The fraction of sp³-hybridized carbons (Fsp3) is 1.00. The van der Waals surface area contributed by atoms with Crippen molar-refractivity contribution in [3.63, 3.8) is 0 Å². The largest absolute Gasteiger partial charge is 0.330 e. The Bertz CT molecular complexity index is 101. The van der Waals surface area contributed by atoms with Crippen molar-refractivity contribution in [2.24, 2.45) is 23.1 Å². The molecule has 0 bridgehead atoms. The maximum atomic E-state index is 5.55. The molecule has 0 heterocycles. The van der Waals surface area contributed by atoms with Crippen LogP contribution < -0.4 is 17.2 Å². The van der Waals surface area contributed by atoms with E-state index in [0.29, 0.717) is 12.0 Å². The minimum atomic E-state index is 0.332. The van der Waals surface area contributed by atoms with Crippen molar-refractivity contribution in [2.45, 2.75) is 58.9 Å². The molecule has 0 aromatic carbocycles. The minimum Gasteiger partial charge on any atom is -0.330 e. The van der Waals surface area contributed by atoms with Crippen LogP contribution in [0.3, 0.4) is 0 Å². The molecular formula is C12H31N3. The second-order valence-corrected chi connectivity index (χ2v) is 4.39. The van der Waals surface area contributed by atoms with Crippen LogP contribution in [0.4, 0.5) is 0 Å². The lowest BCUT2D eigenvalue weighted by Gasteiger charge is -2.09. The van der Waals surface area contributed by atoms with Gasteiger partial charge >= 0.3 is 0 Å². The molecule has 0 radical (unpaired) electrons. The van der Waals surface area contributed by atoms with Gasteiger partial charge < -0.3 is 17.2 Å². The van der Waals surface area contributed by atoms with Gasteiger partial charge in [0.15, 0.2) is 0 Å². The molecule has 0 amide bonds. The molecule has 0 aliphatic heterocycles. The summed E-state index contributed by atoms with van der Waals surface area (Å²) in [5.41, 5.74) is 16.2. The summed E-state index contributed by atoms with van der Waals surface area (Å²) in [4.78, 5) is 0. The average molecular weight is 217 g/mol. The van der Waals surface area contributed by atoms with E-state index >= 15 is 0 Å². The van der Waals surface area contributed by atoms with Crippen molar-refractivity contribution in [2.75, 3.05) is 13.1 Å². The molecular weight excluding hydrogens is 186 g/mol. The highest BCUT2D eigenvalue weighted by atomic mass is 14.6. The topological polar surface area (TPSA) is 78.1 Å². The molecule has 0 aliphatic rings. The smallest absolute Gasteiger partial charge is 0.00105 e. The number of hydrogen-bond acceptors (Lipinski definition) is 3. The highest BCUT2D eigenvalue weighted by Gasteiger charge is 1.99. The van der Waals surface area contributed by atoms with Crippen LogP contribution >= 0.6 is 0 Å². The molecule has 94 valence electrons. The van der Waals surface area contributed by atoms with E-state index in [4.69, 9.17) is 17.2 Å². The lowest BCUT2D eigenvalue weighted by Crippen LogP contribution is -2.18.